The number of nitrogens with two attached hydrogens (primary N) is 1. The van der Waals surface area contributed by atoms with Gasteiger partial charge in [0.05, 0.1) is 25.1 Å². The molecule has 88 valence electrons. The fraction of sp³-hybridized carbons (Fsp3) is 0.455. The van der Waals surface area contributed by atoms with Crippen molar-refractivity contribution in [3.8, 4) is 0 Å². The van der Waals surface area contributed by atoms with E-state index in [0.29, 0.717) is 16.2 Å². The normalized spacial score (nSPS) is 20.6. The van der Waals surface area contributed by atoms with E-state index in [9.17, 15) is 4.79 Å². The minimum atomic E-state index is -0.461. The highest BCUT2D eigenvalue weighted by Gasteiger charge is 2.29. The lowest BCUT2D eigenvalue weighted by molar-refractivity contribution is -0.135. The van der Waals surface area contributed by atoms with Crippen LogP contribution in [-0.2, 0) is 14.3 Å². The van der Waals surface area contributed by atoms with Gasteiger partial charge in [0.1, 0.15) is 11.3 Å². The Kier molecular flexibility index (Phi) is 4.20. The fourth-order valence-corrected chi connectivity index (χ4v) is 1.92. The summed E-state index contributed by atoms with van der Waals surface area (Å²) in [5.74, 6) is -0.122. The van der Waals surface area contributed by atoms with Gasteiger partial charge >= 0.3 is 5.97 Å². The maximum absolute atomic E-state index is 11.5. The molecule has 1 aliphatic carbocycles. The topological polar surface area (TPSA) is 61.5 Å². The maximum atomic E-state index is 11.5. The molecule has 16 heavy (non-hydrogen) atoms. The van der Waals surface area contributed by atoms with Crippen LogP contribution >= 0.6 is 12.2 Å². The molecule has 4 nitrogen and oxygen atoms in total. The van der Waals surface area contributed by atoms with Gasteiger partial charge in [0, 0.05) is 0 Å². The number of esters is 1. The SMILES string of the molecule is CCC1=CC(C(=O)OC)=C(OC)C(=S)C1N. The van der Waals surface area contributed by atoms with Gasteiger partial charge in [-0.1, -0.05) is 19.1 Å². The molecule has 5 heteroatoms. The largest absolute Gasteiger partial charge is 0.495 e. The molecule has 0 saturated heterocycles. The molecule has 0 aliphatic heterocycles. The van der Waals surface area contributed by atoms with E-state index in [4.69, 9.17) is 22.7 Å². The Morgan fingerprint density at radius 1 is 1.56 bits per heavy atom. The van der Waals surface area contributed by atoms with Crippen molar-refractivity contribution in [3.05, 3.63) is 23.0 Å². The molecule has 1 rings (SSSR count). The monoisotopic (exact) mass is 241 g/mol. The van der Waals surface area contributed by atoms with Crippen molar-refractivity contribution < 1.29 is 14.3 Å². The predicted molar refractivity (Wildman–Crippen MR) is 65.0 cm³/mol. The number of rotatable bonds is 3. The molecule has 1 aliphatic rings. The van der Waals surface area contributed by atoms with Crippen LogP contribution in [0.5, 0.6) is 0 Å². The zero-order chi connectivity index (χ0) is 12.3. The summed E-state index contributed by atoms with van der Waals surface area (Å²) in [5, 5.41) is 0. The molecule has 0 aromatic carbocycles. The highest BCUT2D eigenvalue weighted by molar-refractivity contribution is 7.81. The van der Waals surface area contributed by atoms with E-state index in [2.05, 4.69) is 4.74 Å². The number of carbonyl (C=O) groups is 1. The highest BCUT2D eigenvalue weighted by Crippen LogP contribution is 2.24. The summed E-state index contributed by atoms with van der Waals surface area (Å²) in [6, 6.07) is -0.358. The molecule has 0 radical (unpaired) electrons. The molecular formula is C11H15NO3S. The molecule has 0 saturated carbocycles. The number of thiocarbonyl (C=S) groups is 1. The third-order valence-corrected chi connectivity index (χ3v) is 2.94. The van der Waals surface area contributed by atoms with Gasteiger partial charge in [-0.3, -0.25) is 0 Å². The summed E-state index contributed by atoms with van der Waals surface area (Å²) in [6.07, 6.45) is 2.43. The van der Waals surface area contributed by atoms with Gasteiger partial charge in [0.25, 0.3) is 0 Å². The number of carbonyl (C=O) groups excluding carboxylic acids is 1. The van der Waals surface area contributed by atoms with Crippen LogP contribution < -0.4 is 5.73 Å². The number of hydrogen-bond acceptors (Lipinski definition) is 5. The first kappa shape index (κ1) is 12.9. The molecule has 1 unspecified atom stereocenters. The first-order valence-corrected chi connectivity index (χ1v) is 5.34. The second kappa shape index (κ2) is 5.23. The molecule has 0 bridgehead atoms. The standard InChI is InChI=1S/C11H15NO3S/c1-4-6-5-7(11(13)15-3)9(14-2)10(16)8(6)12/h5,8H,4,12H2,1-3H3. The van der Waals surface area contributed by atoms with E-state index in [1.165, 1.54) is 14.2 Å². The summed E-state index contributed by atoms with van der Waals surface area (Å²) in [6.45, 7) is 1.96. The summed E-state index contributed by atoms with van der Waals surface area (Å²) >= 11 is 5.18. The van der Waals surface area contributed by atoms with Crippen LogP contribution in [-0.4, -0.2) is 31.1 Å². The van der Waals surface area contributed by atoms with E-state index in [1.807, 2.05) is 6.92 Å². The van der Waals surface area contributed by atoms with Crippen LogP contribution in [0.25, 0.3) is 0 Å². The summed E-state index contributed by atoms with van der Waals surface area (Å²) in [5.41, 5.74) is 7.18. The number of ether oxygens (including phenoxy) is 2. The first-order valence-electron chi connectivity index (χ1n) is 4.93. The second-order valence-corrected chi connectivity index (χ2v) is 3.79. The van der Waals surface area contributed by atoms with Gasteiger partial charge in [0.2, 0.25) is 0 Å². The lowest BCUT2D eigenvalue weighted by Crippen LogP contribution is -2.36. The average molecular weight is 241 g/mol. The molecule has 0 aromatic rings. The van der Waals surface area contributed by atoms with Crippen LogP contribution in [0.1, 0.15) is 13.3 Å². The Labute approximate surface area is 100 Å². The predicted octanol–water partition coefficient (Wildman–Crippen LogP) is 1.11. The second-order valence-electron chi connectivity index (χ2n) is 3.35. The zero-order valence-electron chi connectivity index (χ0n) is 9.57. The number of hydrogen-bond donors (Lipinski definition) is 1. The Morgan fingerprint density at radius 3 is 2.62 bits per heavy atom. The van der Waals surface area contributed by atoms with E-state index in [-0.39, 0.29) is 6.04 Å². The first-order chi connectivity index (χ1) is 7.56. The van der Waals surface area contributed by atoms with Crippen molar-refractivity contribution in [2.24, 2.45) is 5.73 Å². The van der Waals surface area contributed by atoms with Gasteiger partial charge in [-0.25, -0.2) is 4.79 Å². The Morgan fingerprint density at radius 2 is 2.19 bits per heavy atom. The molecule has 0 aromatic heterocycles. The lowest BCUT2D eigenvalue weighted by Gasteiger charge is -2.24. The summed E-state index contributed by atoms with van der Waals surface area (Å²) < 4.78 is 9.79. The maximum Gasteiger partial charge on any atom is 0.341 e. The van der Waals surface area contributed by atoms with Crippen molar-refractivity contribution in [3.63, 3.8) is 0 Å². The molecular weight excluding hydrogens is 226 g/mol. The van der Waals surface area contributed by atoms with Gasteiger partial charge in [-0.05, 0) is 18.1 Å². The van der Waals surface area contributed by atoms with Crippen molar-refractivity contribution >= 4 is 23.1 Å². The summed E-state index contributed by atoms with van der Waals surface area (Å²) in [4.78, 5) is 12.0. The lowest BCUT2D eigenvalue weighted by atomic mass is 9.91. The highest BCUT2D eigenvalue weighted by atomic mass is 32.1. The summed E-state index contributed by atoms with van der Waals surface area (Å²) in [7, 11) is 2.78. The minimum absolute atomic E-state index is 0.339. The van der Waals surface area contributed by atoms with E-state index in [0.717, 1.165) is 12.0 Å². The van der Waals surface area contributed by atoms with Gasteiger partial charge < -0.3 is 15.2 Å². The minimum Gasteiger partial charge on any atom is -0.495 e. The Bertz CT molecular complexity index is 385. The third-order valence-electron chi connectivity index (χ3n) is 2.50. The molecule has 1 atom stereocenters. The average Bonchev–Trinajstić information content (AvgIpc) is 2.31. The van der Waals surface area contributed by atoms with Crippen molar-refractivity contribution in [2.75, 3.05) is 14.2 Å². The van der Waals surface area contributed by atoms with Crippen molar-refractivity contribution in [1.29, 1.82) is 0 Å². The molecule has 0 spiro atoms. The molecule has 2 N–H and O–H groups in total. The molecule has 0 fully saturated rings. The van der Waals surface area contributed by atoms with Crippen LogP contribution in [0.3, 0.4) is 0 Å². The van der Waals surface area contributed by atoms with Crippen molar-refractivity contribution in [1.82, 2.24) is 0 Å². The van der Waals surface area contributed by atoms with Crippen LogP contribution in [0.4, 0.5) is 0 Å². The van der Waals surface area contributed by atoms with Crippen LogP contribution in [0.2, 0.25) is 0 Å². The Balaban J connectivity index is 3.27. The van der Waals surface area contributed by atoms with Gasteiger partial charge in [0.15, 0.2) is 0 Å². The zero-order valence-corrected chi connectivity index (χ0v) is 10.4. The van der Waals surface area contributed by atoms with Crippen molar-refractivity contribution in [2.45, 2.75) is 19.4 Å². The van der Waals surface area contributed by atoms with Gasteiger partial charge in [-0.2, -0.15) is 0 Å². The van der Waals surface area contributed by atoms with E-state index in [1.54, 1.807) is 6.08 Å². The van der Waals surface area contributed by atoms with E-state index >= 15 is 0 Å². The third kappa shape index (κ3) is 2.15. The van der Waals surface area contributed by atoms with Crippen LogP contribution in [0.15, 0.2) is 23.0 Å². The Hall–Kier alpha value is -1.20. The number of methoxy groups -OCH3 is 2. The van der Waals surface area contributed by atoms with Crippen LogP contribution in [0, 0.1) is 0 Å². The smallest absolute Gasteiger partial charge is 0.341 e. The van der Waals surface area contributed by atoms with E-state index < -0.39 is 5.97 Å². The fourth-order valence-electron chi connectivity index (χ4n) is 1.58. The quantitative estimate of drug-likeness (QED) is 0.592. The molecule has 0 heterocycles. The molecule has 0 amide bonds. The van der Waals surface area contributed by atoms with Gasteiger partial charge in [-0.15, -0.1) is 0 Å².